The van der Waals surface area contributed by atoms with Gasteiger partial charge >= 0.3 is 6.03 Å². The van der Waals surface area contributed by atoms with Gasteiger partial charge in [-0.25, -0.2) is 9.78 Å². The molecule has 5 rings (SSSR count). The van der Waals surface area contributed by atoms with Crippen molar-refractivity contribution in [2.24, 2.45) is 0 Å². The summed E-state index contributed by atoms with van der Waals surface area (Å²) in [5.74, 6) is -0.139. The molecule has 1 saturated heterocycles. The highest BCUT2D eigenvalue weighted by molar-refractivity contribution is 6.40. The van der Waals surface area contributed by atoms with E-state index in [1.807, 2.05) is 60.7 Å². The number of carbonyl (C=O) groups is 2. The second-order valence-electron chi connectivity index (χ2n) is 10.4. The number of rotatable bonds is 10. The van der Waals surface area contributed by atoms with Crippen LogP contribution in [0.1, 0.15) is 48.0 Å². The molecule has 1 unspecified atom stereocenters. The number of Topliss-reactive ketones (excluding diaryl/α,β-unsaturated/α-hetero) is 1. The Bertz CT molecular complexity index is 1550. The van der Waals surface area contributed by atoms with Crippen LogP contribution in [-0.2, 0) is 33.8 Å². The quantitative estimate of drug-likeness (QED) is 0.193. The topological polar surface area (TPSA) is 115 Å². The molecule has 9 nitrogen and oxygen atoms in total. The molecule has 3 N–H and O–H groups in total. The number of nitrogens with zero attached hydrogens (tertiary/aromatic N) is 2. The number of benzene rings is 3. The lowest BCUT2D eigenvalue weighted by Gasteiger charge is -2.36. The van der Waals surface area contributed by atoms with Crippen molar-refractivity contribution in [1.29, 1.82) is 0 Å². The third-order valence-corrected chi connectivity index (χ3v) is 8.01. The molecule has 0 spiro atoms. The van der Waals surface area contributed by atoms with Crippen LogP contribution < -0.4 is 10.6 Å². The molecule has 224 valence electrons. The lowest BCUT2D eigenvalue weighted by Crippen LogP contribution is -2.43. The van der Waals surface area contributed by atoms with Crippen LogP contribution in [0.4, 0.5) is 10.5 Å². The van der Waals surface area contributed by atoms with E-state index in [1.165, 1.54) is 6.92 Å². The summed E-state index contributed by atoms with van der Waals surface area (Å²) < 4.78 is 14.5. The molecule has 1 aliphatic heterocycles. The van der Waals surface area contributed by atoms with Gasteiger partial charge < -0.3 is 29.8 Å². The van der Waals surface area contributed by atoms with Crippen LogP contribution in [0.2, 0.25) is 10.3 Å². The molecule has 4 atom stereocenters. The van der Waals surface area contributed by atoms with Gasteiger partial charge in [-0.15, -0.1) is 0 Å². The van der Waals surface area contributed by atoms with Gasteiger partial charge in [0.05, 0.1) is 37.7 Å². The molecular weight excluding hydrogens is 591 g/mol. The Balaban J connectivity index is 1.32. The maximum atomic E-state index is 12.9. The highest BCUT2D eigenvalue weighted by Crippen LogP contribution is 2.39. The van der Waals surface area contributed by atoms with E-state index < -0.39 is 18.4 Å². The van der Waals surface area contributed by atoms with Crippen LogP contribution >= 0.6 is 23.2 Å². The first kappa shape index (κ1) is 30.7. The first-order valence-corrected chi connectivity index (χ1v) is 14.6. The van der Waals surface area contributed by atoms with Gasteiger partial charge in [-0.05, 0) is 42.2 Å². The van der Waals surface area contributed by atoms with E-state index in [1.54, 1.807) is 29.1 Å². The number of ketones is 1. The number of imidazole rings is 1. The summed E-state index contributed by atoms with van der Waals surface area (Å²) >= 11 is 12.4. The van der Waals surface area contributed by atoms with Crippen LogP contribution in [0, 0.1) is 0 Å². The molecule has 0 saturated carbocycles. The van der Waals surface area contributed by atoms with E-state index in [0.29, 0.717) is 35.8 Å². The Morgan fingerprint density at radius 2 is 1.77 bits per heavy atom. The zero-order chi connectivity index (χ0) is 30.3. The summed E-state index contributed by atoms with van der Waals surface area (Å²) in [5, 5.41) is 15.6. The largest absolute Gasteiger partial charge is 0.392 e. The molecule has 0 radical (unpaired) electrons. The SMILES string of the molecule is CC(=O)[C@@H](Cc1ccccc1)NC(=O)Nc1cccc(C2O[C@H](Cn3cnc(Cl)c3Cl)C[C@H](c3ccc(CO)cc3)O2)c1. The van der Waals surface area contributed by atoms with E-state index >= 15 is 0 Å². The molecule has 2 amide bonds. The molecule has 1 aromatic heterocycles. The summed E-state index contributed by atoms with van der Waals surface area (Å²) in [6.45, 7) is 1.81. The summed E-state index contributed by atoms with van der Waals surface area (Å²) in [6.07, 6.45) is 1.11. The van der Waals surface area contributed by atoms with Crippen molar-refractivity contribution in [3.05, 3.63) is 118 Å². The number of carbonyl (C=O) groups excluding carboxylic acids is 2. The van der Waals surface area contributed by atoms with Crippen LogP contribution in [0.5, 0.6) is 0 Å². The van der Waals surface area contributed by atoms with Crippen molar-refractivity contribution in [2.75, 3.05) is 5.32 Å². The van der Waals surface area contributed by atoms with E-state index in [0.717, 1.165) is 16.7 Å². The number of halogens is 2. The molecular formula is C32H32Cl2N4O5. The maximum Gasteiger partial charge on any atom is 0.319 e. The van der Waals surface area contributed by atoms with E-state index in [4.69, 9.17) is 32.7 Å². The number of nitrogens with one attached hydrogen (secondary N) is 2. The molecule has 3 aromatic carbocycles. The van der Waals surface area contributed by atoms with E-state index in [2.05, 4.69) is 15.6 Å². The summed E-state index contributed by atoms with van der Waals surface area (Å²) in [6, 6.07) is 23.1. The first-order valence-electron chi connectivity index (χ1n) is 13.9. The third-order valence-electron chi connectivity index (χ3n) is 7.24. The Hall–Kier alpha value is -3.73. The van der Waals surface area contributed by atoms with Gasteiger partial charge in [0.2, 0.25) is 0 Å². The molecule has 2 heterocycles. The fourth-order valence-electron chi connectivity index (χ4n) is 4.96. The van der Waals surface area contributed by atoms with Crippen molar-refractivity contribution >= 4 is 40.7 Å². The lowest BCUT2D eigenvalue weighted by molar-refractivity contribution is -0.252. The number of aromatic nitrogens is 2. The normalized spacial score (nSPS) is 19.0. The zero-order valence-electron chi connectivity index (χ0n) is 23.5. The van der Waals surface area contributed by atoms with Crippen LogP contribution in [0.25, 0.3) is 0 Å². The molecule has 1 fully saturated rings. The highest BCUT2D eigenvalue weighted by atomic mass is 35.5. The number of anilines is 1. The van der Waals surface area contributed by atoms with Gasteiger partial charge in [0, 0.05) is 17.7 Å². The van der Waals surface area contributed by atoms with Crippen LogP contribution in [0.15, 0.2) is 85.2 Å². The molecule has 0 aliphatic carbocycles. The molecule has 4 aromatic rings. The fraction of sp³-hybridized carbons (Fsp3) is 0.281. The van der Waals surface area contributed by atoms with Crippen LogP contribution in [-0.4, -0.2) is 38.6 Å². The van der Waals surface area contributed by atoms with Gasteiger partial charge in [-0.3, -0.25) is 4.79 Å². The molecule has 11 heteroatoms. The lowest BCUT2D eigenvalue weighted by atomic mass is 10.00. The number of hydrogen-bond donors (Lipinski definition) is 3. The van der Waals surface area contributed by atoms with Crippen molar-refractivity contribution in [2.45, 2.75) is 57.5 Å². The van der Waals surface area contributed by atoms with E-state index in [9.17, 15) is 14.7 Å². The smallest absolute Gasteiger partial charge is 0.319 e. The Morgan fingerprint density at radius 1 is 1.00 bits per heavy atom. The Kier molecular flexibility index (Phi) is 10.1. The number of hydrogen-bond acceptors (Lipinski definition) is 6. The predicted molar refractivity (Wildman–Crippen MR) is 164 cm³/mol. The average Bonchev–Trinajstić information content (AvgIpc) is 3.33. The average molecular weight is 624 g/mol. The van der Waals surface area contributed by atoms with Crippen LogP contribution in [0.3, 0.4) is 0 Å². The monoisotopic (exact) mass is 622 g/mol. The second kappa shape index (κ2) is 14.2. The van der Waals surface area contributed by atoms with Crippen molar-refractivity contribution < 1.29 is 24.2 Å². The van der Waals surface area contributed by atoms with Crippen molar-refractivity contribution in [1.82, 2.24) is 14.9 Å². The molecule has 0 bridgehead atoms. The number of ether oxygens (including phenoxy) is 2. The predicted octanol–water partition coefficient (Wildman–Crippen LogP) is 6.25. The second-order valence-corrected chi connectivity index (χ2v) is 11.1. The highest BCUT2D eigenvalue weighted by Gasteiger charge is 2.33. The van der Waals surface area contributed by atoms with Gasteiger partial charge in [0.15, 0.2) is 17.2 Å². The summed E-state index contributed by atoms with van der Waals surface area (Å²) in [7, 11) is 0. The minimum absolute atomic E-state index is 0.0488. The Morgan fingerprint density at radius 3 is 2.44 bits per heavy atom. The molecule has 1 aliphatic rings. The minimum atomic E-state index is -0.758. The van der Waals surface area contributed by atoms with E-state index in [-0.39, 0.29) is 29.8 Å². The number of amides is 2. The molecule has 43 heavy (non-hydrogen) atoms. The Labute approximate surface area is 259 Å². The number of aliphatic hydroxyl groups excluding tert-OH is 1. The standard InChI is InChI=1S/C32H32Cl2N4O5/c1-20(40)27(14-21-6-3-2-4-7-21)37-32(41)36-25-9-5-8-24(15-25)31-42-26(17-38-19-35-29(33)30(38)34)16-28(43-31)23-12-10-22(18-39)11-13-23/h2-13,15,19,26-28,31,39H,14,16-18H2,1H3,(H2,36,37,41)/t26-,27+,28+,31?/m0/s1. The van der Waals surface area contributed by atoms with Gasteiger partial charge in [-0.2, -0.15) is 0 Å². The van der Waals surface area contributed by atoms with Crippen molar-refractivity contribution in [3.8, 4) is 0 Å². The van der Waals surface area contributed by atoms with Gasteiger partial charge in [0.1, 0.15) is 5.15 Å². The minimum Gasteiger partial charge on any atom is -0.392 e. The summed E-state index contributed by atoms with van der Waals surface area (Å²) in [4.78, 5) is 29.2. The third kappa shape index (κ3) is 8.01. The first-order chi connectivity index (χ1) is 20.8. The zero-order valence-corrected chi connectivity index (χ0v) is 25.0. The van der Waals surface area contributed by atoms with Gasteiger partial charge in [-0.1, -0.05) is 89.9 Å². The van der Waals surface area contributed by atoms with Gasteiger partial charge in [0.25, 0.3) is 0 Å². The number of urea groups is 1. The van der Waals surface area contributed by atoms with Crippen molar-refractivity contribution in [3.63, 3.8) is 0 Å². The number of aliphatic hydroxyl groups is 1. The maximum absolute atomic E-state index is 12.9. The summed E-state index contributed by atoms with van der Waals surface area (Å²) in [5.41, 5.74) is 3.90. The fourth-order valence-corrected chi connectivity index (χ4v) is 5.27.